The first-order valence-corrected chi connectivity index (χ1v) is 10.5. The van der Waals surface area contributed by atoms with Gasteiger partial charge in [0.05, 0.1) is 27.1 Å². The lowest BCUT2D eigenvalue weighted by molar-refractivity contribution is -0.384. The zero-order valence-electron chi connectivity index (χ0n) is 16.1. The molecule has 0 radical (unpaired) electrons. The van der Waals surface area contributed by atoms with Crippen molar-refractivity contribution >= 4 is 33.0 Å². The number of carbonyl (C=O) groups is 1. The van der Waals surface area contributed by atoms with Crippen molar-refractivity contribution in [1.29, 1.82) is 5.26 Å². The molecule has 1 aromatic heterocycles. The molecule has 1 saturated carbocycles. The number of nitro groups is 1. The van der Waals surface area contributed by atoms with Gasteiger partial charge in [0.25, 0.3) is 5.69 Å². The number of fused-ring (bicyclic) bond motifs is 1. The summed E-state index contributed by atoms with van der Waals surface area (Å²) in [6.07, 6.45) is 0. The van der Waals surface area contributed by atoms with Gasteiger partial charge in [-0.25, -0.2) is 4.98 Å². The van der Waals surface area contributed by atoms with E-state index in [1.54, 1.807) is 36.4 Å². The highest BCUT2D eigenvalue weighted by atomic mass is 32.1. The molecule has 150 valence electrons. The Balaban J connectivity index is 1.68. The predicted molar refractivity (Wildman–Crippen MR) is 117 cm³/mol. The molecule has 0 spiro atoms. The monoisotopic (exact) mass is 425 g/mol. The van der Waals surface area contributed by atoms with Crippen LogP contribution in [0.4, 0.5) is 5.69 Å². The Morgan fingerprint density at radius 3 is 2.52 bits per heavy atom. The van der Waals surface area contributed by atoms with Crippen LogP contribution >= 0.6 is 11.3 Å². The van der Waals surface area contributed by atoms with E-state index < -0.39 is 22.2 Å². The molecule has 1 heterocycles. The SMILES string of the molecule is N#C[C@]1(c2nc3ccccc3s2)[C@H](C(=O)c2ccccc2)[C@H]1c1cccc([N+](=O)[O-])c1. The molecule has 0 unspecified atom stereocenters. The van der Waals surface area contributed by atoms with Gasteiger partial charge in [-0.3, -0.25) is 14.9 Å². The molecule has 6 nitrogen and oxygen atoms in total. The number of aromatic nitrogens is 1. The minimum atomic E-state index is -1.16. The third kappa shape index (κ3) is 2.92. The number of nitrogens with zero attached hydrogens (tertiary/aromatic N) is 3. The highest BCUT2D eigenvalue weighted by Crippen LogP contribution is 2.67. The molecule has 1 aliphatic rings. The summed E-state index contributed by atoms with van der Waals surface area (Å²) in [7, 11) is 0. The van der Waals surface area contributed by atoms with Crippen LogP contribution in [0.1, 0.15) is 26.8 Å². The molecule has 0 N–H and O–H groups in total. The lowest BCUT2D eigenvalue weighted by Crippen LogP contribution is -2.13. The van der Waals surface area contributed by atoms with Crippen LogP contribution in [-0.4, -0.2) is 15.7 Å². The number of hydrogen-bond acceptors (Lipinski definition) is 6. The highest BCUT2D eigenvalue weighted by molar-refractivity contribution is 7.18. The van der Waals surface area contributed by atoms with Crippen LogP contribution in [0.3, 0.4) is 0 Å². The van der Waals surface area contributed by atoms with Crippen molar-refractivity contribution in [2.75, 3.05) is 0 Å². The van der Waals surface area contributed by atoms with Crippen molar-refractivity contribution in [3.8, 4) is 6.07 Å². The van der Waals surface area contributed by atoms with E-state index in [9.17, 15) is 20.2 Å². The first-order chi connectivity index (χ1) is 15.1. The maximum absolute atomic E-state index is 13.5. The van der Waals surface area contributed by atoms with E-state index >= 15 is 0 Å². The average molecular weight is 425 g/mol. The molecule has 0 saturated heterocycles. The number of carbonyl (C=O) groups excluding carboxylic acids is 1. The smallest absolute Gasteiger partial charge is 0.269 e. The zero-order valence-corrected chi connectivity index (χ0v) is 17.0. The number of hydrogen-bond donors (Lipinski definition) is 0. The van der Waals surface area contributed by atoms with Gasteiger partial charge in [-0.1, -0.05) is 54.6 Å². The van der Waals surface area contributed by atoms with Crippen molar-refractivity contribution < 1.29 is 9.72 Å². The molecule has 5 rings (SSSR count). The van der Waals surface area contributed by atoms with E-state index in [4.69, 9.17) is 0 Å². The molecule has 3 atom stereocenters. The maximum Gasteiger partial charge on any atom is 0.269 e. The van der Waals surface area contributed by atoms with E-state index in [1.807, 2.05) is 30.3 Å². The van der Waals surface area contributed by atoms with E-state index in [0.717, 1.165) is 10.2 Å². The molecule has 3 aromatic carbocycles. The summed E-state index contributed by atoms with van der Waals surface area (Å²) in [5.41, 5.74) is 0.663. The third-order valence-electron chi connectivity index (χ3n) is 5.82. The second kappa shape index (κ2) is 7.11. The third-order valence-corrected chi connectivity index (χ3v) is 7.01. The molecule has 0 bridgehead atoms. The van der Waals surface area contributed by atoms with Gasteiger partial charge in [0, 0.05) is 23.6 Å². The summed E-state index contributed by atoms with van der Waals surface area (Å²) in [6.45, 7) is 0. The van der Waals surface area contributed by atoms with Gasteiger partial charge >= 0.3 is 0 Å². The van der Waals surface area contributed by atoms with Crippen molar-refractivity contribution in [2.24, 2.45) is 5.92 Å². The fraction of sp³-hybridized carbons (Fsp3) is 0.125. The van der Waals surface area contributed by atoms with Crippen LogP contribution < -0.4 is 0 Å². The normalized spacial score (nSPS) is 22.0. The Hall–Kier alpha value is -3.89. The molecular formula is C24H15N3O3S. The number of thiazole rings is 1. The van der Waals surface area contributed by atoms with Gasteiger partial charge < -0.3 is 0 Å². The molecular weight excluding hydrogens is 410 g/mol. The molecule has 0 amide bonds. The summed E-state index contributed by atoms with van der Waals surface area (Å²) in [4.78, 5) is 29.0. The Kier molecular flexibility index (Phi) is 4.38. The standard InChI is InChI=1S/C24H15N3O3S/c25-14-24(23-26-18-11-4-5-12-19(18)31-23)20(16-9-6-10-17(13-16)27(29)30)21(24)22(28)15-7-2-1-3-8-15/h1-13,20-21H/t20-,21+,24-/m1/s1. The van der Waals surface area contributed by atoms with Crippen LogP contribution in [0.15, 0.2) is 78.9 Å². The number of para-hydroxylation sites is 1. The molecule has 7 heteroatoms. The largest absolute Gasteiger partial charge is 0.294 e. The van der Waals surface area contributed by atoms with Crippen molar-refractivity contribution in [2.45, 2.75) is 11.3 Å². The van der Waals surface area contributed by atoms with Gasteiger partial charge in [-0.2, -0.15) is 5.26 Å². The van der Waals surface area contributed by atoms with E-state index in [2.05, 4.69) is 11.1 Å². The Labute approximate surface area is 181 Å². The first kappa shape index (κ1) is 19.1. The van der Waals surface area contributed by atoms with Gasteiger partial charge in [-0.05, 0) is 17.7 Å². The molecule has 31 heavy (non-hydrogen) atoms. The lowest BCUT2D eigenvalue weighted by Gasteiger charge is -2.05. The molecule has 0 aliphatic heterocycles. The maximum atomic E-state index is 13.5. The minimum Gasteiger partial charge on any atom is -0.294 e. The summed E-state index contributed by atoms with van der Waals surface area (Å²) in [5.74, 6) is -1.33. The highest BCUT2D eigenvalue weighted by Gasteiger charge is 2.72. The van der Waals surface area contributed by atoms with Gasteiger partial charge in [0.15, 0.2) is 5.78 Å². The zero-order chi connectivity index (χ0) is 21.6. The van der Waals surface area contributed by atoms with Crippen molar-refractivity contribution in [3.63, 3.8) is 0 Å². The number of nitro benzene ring substituents is 1. The number of benzene rings is 3. The second-order valence-electron chi connectivity index (χ2n) is 7.51. The summed E-state index contributed by atoms with van der Waals surface area (Å²) in [6, 6.07) is 25.0. The van der Waals surface area contributed by atoms with Crippen LogP contribution in [0.2, 0.25) is 0 Å². The first-order valence-electron chi connectivity index (χ1n) is 9.67. The van der Waals surface area contributed by atoms with Gasteiger partial charge in [-0.15, -0.1) is 11.3 Å². The Morgan fingerprint density at radius 2 is 1.81 bits per heavy atom. The molecule has 1 fully saturated rings. The van der Waals surface area contributed by atoms with Crippen LogP contribution in [0.5, 0.6) is 0 Å². The minimum absolute atomic E-state index is 0.0635. The van der Waals surface area contributed by atoms with Crippen LogP contribution in [0, 0.1) is 27.4 Å². The summed E-state index contributed by atoms with van der Waals surface area (Å²) >= 11 is 1.40. The molecule has 4 aromatic rings. The number of non-ortho nitro benzene ring substituents is 1. The number of nitriles is 1. The van der Waals surface area contributed by atoms with Crippen molar-refractivity contribution in [1.82, 2.24) is 4.98 Å². The fourth-order valence-electron chi connectivity index (χ4n) is 4.32. The quantitative estimate of drug-likeness (QED) is 0.247. The summed E-state index contributed by atoms with van der Waals surface area (Å²) < 4.78 is 0.933. The average Bonchev–Trinajstić information content (AvgIpc) is 3.31. The van der Waals surface area contributed by atoms with E-state index in [1.165, 1.54) is 23.5 Å². The predicted octanol–water partition coefficient (Wildman–Crippen LogP) is 5.26. The van der Waals surface area contributed by atoms with E-state index in [0.29, 0.717) is 16.1 Å². The lowest BCUT2D eigenvalue weighted by atomic mass is 9.99. The molecule has 1 aliphatic carbocycles. The van der Waals surface area contributed by atoms with E-state index in [-0.39, 0.29) is 11.5 Å². The van der Waals surface area contributed by atoms with Crippen LogP contribution in [0.25, 0.3) is 10.2 Å². The Bertz CT molecular complexity index is 1340. The fourth-order valence-corrected chi connectivity index (χ4v) is 5.50. The van der Waals surface area contributed by atoms with Crippen LogP contribution in [-0.2, 0) is 5.41 Å². The second-order valence-corrected chi connectivity index (χ2v) is 8.54. The topological polar surface area (TPSA) is 96.9 Å². The number of Topliss-reactive ketones (excluding diaryl/α,β-unsaturated/α-hetero) is 1. The Morgan fingerprint density at radius 1 is 1.06 bits per heavy atom. The van der Waals surface area contributed by atoms with Gasteiger partial charge in [0.2, 0.25) is 0 Å². The van der Waals surface area contributed by atoms with Crippen molar-refractivity contribution in [3.05, 3.63) is 105 Å². The number of ketones is 1. The summed E-state index contributed by atoms with van der Waals surface area (Å²) in [5, 5.41) is 22.2. The number of rotatable bonds is 5. The van der Waals surface area contributed by atoms with Gasteiger partial charge in [0.1, 0.15) is 10.4 Å².